The molecule has 0 radical (unpaired) electrons. The second kappa shape index (κ2) is 8.67. The zero-order valence-electron chi connectivity index (χ0n) is 16.8. The second-order valence-electron chi connectivity index (χ2n) is 6.69. The number of nitro groups is 2. The molecule has 0 amide bonds. The van der Waals surface area contributed by atoms with Gasteiger partial charge in [0.05, 0.1) is 38.4 Å². The molecule has 166 valence electrons. The zero-order valence-corrected chi connectivity index (χ0v) is 18.4. The molecule has 1 aromatic heterocycles. The van der Waals surface area contributed by atoms with Crippen molar-refractivity contribution in [2.75, 3.05) is 7.11 Å². The largest absolute Gasteiger partial charge is 0.493 e. The van der Waals surface area contributed by atoms with Gasteiger partial charge in [0.25, 0.3) is 11.2 Å². The lowest BCUT2D eigenvalue weighted by Gasteiger charge is -2.14. The van der Waals surface area contributed by atoms with Crippen molar-refractivity contribution >= 4 is 38.2 Å². The summed E-state index contributed by atoms with van der Waals surface area (Å²) in [6.45, 7) is 0. The van der Waals surface area contributed by atoms with Gasteiger partial charge >= 0.3 is 5.69 Å². The molecule has 0 aliphatic heterocycles. The van der Waals surface area contributed by atoms with Crippen LogP contribution in [0.2, 0.25) is 0 Å². The topological polar surface area (TPSA) is 150 Å². The van der Waals surface area contributed by atoms with Gasteiger partial charge in [0.2, 0.25) is 5.75 Å². The van der Waals surface area contributed by atoms with Crippen LogP contribution >= 0.6 is 15.9 Å². The molecule has 0 bridgehead atoms. The number of nitro benzene ring substituents is 2. The Balaban J connectivity index is 1.79. The number of nitrogens with one attached hydrogen (secondary N) is 1. The third-order valence-corrected chi connectivity index (χ3v) is 5.27. The first-order valence-electron chi connectivity index (χ1n) is 9.26. The van der Waals surface area contributed by atoms with E-state index in [0.717, 1.165) is 18.2 Å². The summed E-state index contributed by atoms with van der Waals surface area (Å²) >= 11 is 3.36. The zero-order chi connectivity index (χ0) is 23.7. The van der Waals surface area contributed by atoms with E-state index in [-0.39, 0.29) is 28.6 Å². The van der Waals surface area contributed by atoms with Gasteiger partial charge in [-0.15, -0.1) is 0 Å². The molecule has 11 nitrogen and oxygen atoms in total. The number of aromatic amines is 1. The minimum Gasteiger partial charge on any atom is -0.493 e. The van der Waals surface area contributed by atoms with Crippen LogP contribution in [0.1, 0.15) is 0 Å². The number of H-pyrrole nitrogens is 1. The summed E-state index contributed by atoms with van der Waals surface area (Å²) in [7, 11) is 1.37. The fourth-order valence-electron chi connectivity index (χ4n) is 3.14. The Morgan fingerprint density at radius 2 is 1.76 bits per heavy atom. The van der Waals surface area contributed by atoms with Crippen LogP contribution in [0, 0.1) is 20.2 Å². The number of hydrogen-bond acceptors (Lipinski definition) is 8. The number of ether oxygens (including phenoxy) is 2. The van der Waals surface area contributed by atoms with E-state index in [0.29, 0.717) is 20.9 Å². The number of fused-ring (bicyclic) bond motifs is 1. The van der Waals surface area contributed by atoms with E-state index in [1.54, 1.807) is 36.4 Å². The lowest BCUT2D eigenvalue weighted by Crippen LogP contribution is -2.09. The highest BCUT2D eigenvalue weighted by Gasteiger charge is 2.24. The predicted molar refractivity (Wildman–Crippen MR) is 122 cm³/mol. The Kier molecular flexibility index (Phi) is 5.75. The third kappa shape index (κ3) is 4.23. The summed E-state index contributed by atoms with van der Waals surface area (Å²) in [6.07, 6.45) is 0. The van der Waals surface area contributed by atoms with Gasteiger partial charge in [-0.25, -0.2) is 4.98 Å². The average molecular weight is 513 g/mol. The maximum atomic E-state index is 12.4. The SMILES string of the molecule is COc1cc(-c2nc3ccccc3c(=O)[nH]2)cc(Br)c1Oc1ccc([N+](=O)[O-])cc1[N+](=O)[O-]. The molecule has 0 saturated heterocycles. The Hall–Kier alpha value is -4.32. The first kappa shape index (κ1) is 21.9. The van der Waals surface area contributed by atoms with Crippen LogP contribution < -0.4 is 15.0 Å². The monoisotopic (exact) mass is 512 g/mol. The molecule has 33 heavy (non-hydrogen) atoms. The molecule has 0 unspecified atom stereocenters. The Bertz CT molecular complexity index is 1490. The number of benzene rings is 3. The molecule has 4 aromatic rings. The first-order valence-corrected chi connectivity index (χ1v) is 10.1. The summed E-state index contributed by atoms with van der Waals surface area (Å²) in [5, 5.41) is 22.8. The smallest absolute Gasteiger partial charge is 0.318 e. The number of halogens is 1. The van der Waals surface area contributed by atoms with Crippen molar-refractivity contribution < 1.29 is 19.3 Å². The molecule has 0 fully saturated rings. The molecule has 1 heterocycles. The molecule has 0 atom stereocenters. The van der Waals surface area contributed by atoms with E-state index in [1.165, 1.54) is 7.11 Å². The highest BCUT2D eigenvalue weighted by atomic mass is 79.9. The van der Waals surface area contributed by atoms with E-state index >= 15 is 0 Å². The fourth-order valence-corrected chi connectivity index (χ4v) is 3.66. The number of rotatable bonds is 6. The van der Waals surface area contributed by atoms with Gasteiger partial charge in [-0.3, -0.25) is 25.0 Å². The number of aromatic nitrogens is 2. The van der Waals surface area contributed by atoms with Gasteiger partial charge in [-0.2, -0.15) is 0 Å². The van der Waals surface area contributed by atoms with E-state index < -0.39 is 21.2 Å². The van der Waals surface area contributed by atoms with E-state index in [2.05, 4.69) is 25.9 Å². The minimum atomic E-state index is -0.777. The van der Waals surface area contributed by atoms with Crippen LogP contribution in [0.3, 0.4) is 0 Å². The number of para-hydroxylation sites is 1. The van der Waals surface area contributed by atoms with Crippen molar-refractivity contribution in [1.29, 1.82) is 0 Å². The van der Waals surface area contributed by atoms with Crippen LogP contribution in [-0.2, 0) is 0 Å². The highest BCUT2D eigenvalue weighted by Crippen LogP contribution is 2.44. The normalized spacial score (nSPS) is 10.7. The third-order valence-electron chi connectivity index (χ3n) is 4.68. The van der Waals surface area contributed by atoms with Gasteiger partial charge < -0.3 is 14.5 Å². The lowest BCUT2D eigenvalue weighted by atomic mass is 10.1. The standard InChI is InChI=1S/C21H13BrN4O7/c1-32-18-9-11(20-23-15-5-3-2-4-13(15)21(27)24-20)8-14(22)19(18)33-17-7-6-12(25(28)29)10-16(17)26(30)31/h2-10H,1H3,(H,23,24,27). The lowest BCUT2D eigenvalue weighted by molar-refractivity contribution is -0.394. The van der Waals surface area contributed by atoms with Gasteiger partial charge in [0, 0.05) is 11.6 Å². The van der Waals surface area contributed by atoms with E-state index in [4.69, 9.17) is 9.47 Å². The average Bonchev–Trinajstić information content (AvgIpc) is 2.80. The molecular weight excluding hydrogens is 500 g/mol. The van der Waals surface area contributed by atoms with Crippen molar-refractivity contribution in [2.45, 2.75) is 0 Å². The van der Waals surface area contributed by atoms with Crippen molar-refractivity contribution in [3.63, 3.8) is 0 Å². The van der Waals surface area contributed by atoms with E-state index in [1.807, 2.05) is 0 Å². The Morgan fingerprint density at radius 3 is 2.45 bits per heavy atom. The van der Waals surface area contributed by atoms with Crippen LogP contribution in [-0.4, -0.2) is 26.9 Å². The van der Waals surface area contributed by atoms with Gasteiger partial charge in [-0.05, 0) is 46.3 Å². The number of non-ortho nitro benzene ring substituents is 1. The summed E-state index contributed by atoms with van der Waals surface area (Å²) in [5.41, 5.74) is -0.336. The van der Waals surface area contributed by atoms with Crippen LogP contribution in [0.4, 0.5) is 11.4 Å². The van der Waals surface area contributed by atoms with Gasteiger partial charge in [-0.1, -0.05) is 12.1 Å². The summed E-state index contributed by atoms with van der Waals surface area (Å²) in [4.78, 5) is 40.5. The van der Waals surface area contributed by atoms with E-state index in [9.17, 15) is 25.0 Å². The van der Waals surface area contributed by atoms with Crippen molar-refractivity contribution in [1.82, 2.24) is 9.97 Å². The maximum absolute atomic E-state index is 12.4. The van der Waals surface area contributed by atoms with Crippen LogP contribution in [0.25, 0.3) is 22.3 Å². The molecular formula is C21H13BrN4O7. The van der Waals surface area contributed by atoms with Crippen LogP contribution in [0.15, 0.2) is 63.9 Å². The molecule has 1 N–H and O–H groups in total. The summed E-state index contributed by atoms with van der Waals surface area (Å²) in [6, 6.07) is 13.1. The quantitative estimate of drug-likeness (QED) is 0.280. The van der Waals surface area contributed by atoms with Crippen molar-refractivity contribution in [3.05, 3.63) is 89.7 Å². The molecule has 0 aliphatic rings. The Morgan fingerprint density at radius 1 is 1.00 bits per heavy atom. The first-order chi connectivity index (χ1) is 15.8. The molecule has 0 saturated carbocycles. The summed E-state index contributed by atoms with van der Waals surface area (Å²) in [5.74, 6) is 0.351. The molecule has 3 aromatic carbocycles. The maximum Gasteiger partial charge on any atom is 0.318 e. The van der Waals surface area contributed by atoms with Crippen molar-refractivity contribution in [2.24, 2.45) is 0 Å². The van der Waals surface area contributed by atoms with Gasteiger partial charge in [0.1, 0.15) is 5.82 Å². The molecule has 12 heteroatoms. The minimum absolute atomic E-state index is 0.0985. The number of hydrogen-bond donors (Lipinski definition) is 1. The molecule has 0 aliphatic carbocycles. The summed E-state index contributed by atoms with van der Waals surface area (Å²) < 4.78 is 11.4. The van der Waals surface area contributed by atoms with Crippen LogP contribution in [0.5, 0.6) is 17.2 Å². The highest BCUT2D eigenvalue weighted by molar-refractivity contribution is 9.10. The molecule has 0 spiro atoms. The second-order valence-corrected chi connectivity index (χ2v) is 7.54. The number of methoxy groups -OCH3 is 1. The van der Waals surface area contributed by atoms with Crippen molar-refractivity contribution in [3.8, 4) is 28.6 Å². The fraction of sp³-hybridized carbons (Fsp3) is 0.0476. The predicted octanol–water partition coefficient (Wildman–Crippen LogP) is 4.97. The van der Waals surface area contributed by atoms with Gasteiger partial charge in [0.15, 0.2) is 11.5 Å². The molecule has 4 rings (SSSR count). The number of nitrogens with zero attached hydrogens (tertiary/aromatic N) is 3. The Labute approximate surface area is 193 Å².